The summed E-state index contributed by atoms with van der Waals surface area (Å²) >= 11 is 2.90. The lowest BCUT2D eigenvalue weighted by atomic mass is 10.1. The zero-order valence-electron chi connectivity index (χ0n) is 25.7. The quantitative estimate of drug-likeness (QED) is 0.157. The topological polar surface area (TPSA) is 142 Å². The number of carbonyl (C=O) groups is 2. The molecule has 5 heterocycles. The predicted molar refractivity (Wildman–Crippen MR) is 198 cm³/mol. The van der Waals surface area contributed by atoms with E-state index in [-0.39, 0.29) is 25.9 Å². The Morgan fingerprint density at radius 3 is 2.31 bits per heavy atom. The molecular weight excluding hydrogens is 643 g/mol. The zero-order chi connectivity index (χ0) is 32.8. The van der Waals surface area contributed by atoms with Gasteiger partial charge in [0.1, 0.15) is 14.5 Å². The summed E-state index contributed by atoms with van der Waals surface area (Å²) in [6.07, 6.45) is 0. The summed E-state index contributed by atoms with van der Waals surface area (Å²) in [5.41, 5.74) is 18.7. The molecule has 1 amide bonds. The Balaban J connectivity index is 0.000000170. The number of nitrogens with one attached hydrogen (secondary N) is 1. The first-order chi connectivity index (χ1) is 22.6. The molecule has 11 heteroatoms. The third-order valence-electron chi connectivity index (χ3n) is 7.88. The minimum atomic E-state index is -0.286. The van der Waals surface area contributed by atoms with E-state index < -0.39 is 0 Å². The second kappa shape index (κ2) is 12.9. The number of aromatic nitrogens is 2. The second-order valence-corrected chi connectivity index (χ2v) is 13.4. The lowest BCUT2D eigenvalue weighted by molar-refractivity contribution is 0.101. The van der Waals surface area contributed by atoms with Crippen molar-refractivity contribution in [2.75, 3.05) is 23.6 Å². The number of benzene rings is 3. The smallest absolute Gasteiger partial charge is 0.267 e. The third kappa shape index (κ3) is 6.13. The van der Waals surface area contributed by atoms with E-state index in [4.69, 9.17) is 25.9 Å². The zero-order valence-corrected chi connectivity index (χ0v) is 27.3. The molecule has 242 valence electrons. The minimum absolute atomic E-state index is 0. The van der Waals surface area contributed by atoms with Crippen molar-refractivity contribution in [1.29, 1.82) is 0 Å². The van der Waals surface area contributed by atoms with Crippen molar-refractivity contribution < 1.29 is 19.1 Å². The van der Waals surface area contributed by atoms with Crippen molar-refractivity contribution in [1.82, 2.24) is 9.97 Å². The minimum Gasteiger partial charge on any atom is -0.454 e. The van der Waals surface area contributed by atoms with Gasteiger partial charge < -0.3 is 26.3 Å². The first-order valence-corrected chi connectivity index (χ1v) is 16.4. The molecular formula is C37H33N5O4S2. The van der Waals surface area contributed by atoms with Crippen LogP contribution in [0.4, 0.5) is 17.1 Å². The van der Waals surface area contributed by atoms with Gasteiger partial charge in [-0.1, -0.05) is 19.6 Å². The maximum atomic E-state index is 12.7. The van der Waals surface area contributed by atoms with Gasteiger partial charge in [0.15, 0.2) is 17.3 Å². The summed E-state index contributed by atoms with van der Waals surface area (Å²) < 4.78 is 10.7. The van der Waals surface area contributed by atoms with Gasteiger partial charge in [0, 0.05) is 37.9 Å². The normalized spacial score (nSPS) is 11.6. The van der Waals surface area contributed by atoms with E-state index in [1.165, 1.54) is 18.3 Å². The molecule has 8 rings (SSSR count). The number of thiophene rings is 2. The Morgan fingerprint density at radius 2 is 1.54 bits per heavy atom. The average Bonchev–Trinajstić information content (AvgIpc) is 3.75. The van der Waals surface area contributed by atoms with E-state index in [9.17, 15) is 9.59 Å². The highest BCUT2D eigenvalue weighted by Crippen LogP contribution is 2.38. The van der Waals surface area contributed by atoms with Crippen molar-refractivity contribution >= 4 is 82.8 Å². The number of rotatable bonds is 4. The number of carbonyl (C=O) groups excluding carboxylic acids is 2. The third-order valence-corrected chi connectivity index (χ3v) is 10.0. The number of aryl methyl sites for hydroxylation is 2. The summed E-state index contributed by atoms with van der Waals surface area (Å²) in [6.45, 7) is 5.82. The van der Waals surface area contributed by atoms with E-state index in [0.717, 1.165) is 70.2 Å². The van der Waals surface area contributed by atoms with Crippen LogP contribution in [0.25, 0.3) is 42.6 Å². The van der Waals surface area contributed by atoms with Crippen LogP contribution in [0, 0.1) is 13.8 Å². The lowest BCUT2D eigenvalue weighted by Crippen LogP contribution is -2.12. The first-order valence-electron chi connectivity index (χ1n) is 14.7. The number of nitrogen functional groups attached to an aromatic ring is 2. The van der Waals surface area contributed by atoms with Crippen LogP contribution in [-0.2, 0) is 0 Å². The molecule has 3 aromatic carbocycles. The van der Waals surface area contributed by atoms with E-state index in [1.807, 2.05) is 68.4 Å². The molecule has 0 saturated heterocycles. The first kappa shape index (κ1) is 32.4. The van der Waals surface area contributed by atoms with Crippen LogP contribution in [0.5, 0.6) is 11.5 Å². The summed E-state index contributed by atoms with van der Waals surface area (Å²) in [7, 11) is 0. The molecule has 0 fully saturated rings. The Morgan fingerprint density at radius 1 is 0.792 bits per heavy atom. The van der Waals surface area contributed by atoms with Crippen LogP contribution in [0.1, 0.15) is 44.8 Å². The Bertz CT molecular complexity index is 2360. The fraction of sp³-hybridized carbons (Fsp3) is 0.135. The van der Waals surface area contributed by atoms with Crippen molar-refractivity contribution in [3.63, 3.8) is 0 Å². The molecule has 0 bridgehead atoms. The highest BCUT2D eigenvalue weighted by Gasteiger charge is 2.19. The van der Waals surface area contributed by atoms with Gasteiger partial charge in [-0.2, -0.15) is 0 Å². The average molecular weight is 676 g/mol. The monoisotopic (exact) mass is 675 g/mol. The van der Waals surface area contributed by atoms with Crippen LogP contribution < -0.4 is 26.3 Å². The number of Topliss-reactive ketones (excluding diaryl/α,β-unsaturated/α-hetero) is 1. The van der Waals surface area contributed by atoms with Crippen LogP contribution in [0.2, 0.25) is 0 Å². The summed E-state index contributed by atoms with van der Waals surface area (Å²) in [5, 5.41) is 5.63. The number of ether oxygens (including phenoxy) is 2. The standard InChI is InChI=1S/C21H17N3O2S.C15H12N2O2S.CH4/c1-11-3-4-14-10-16-18(22)19(27-21(16)24-17(14)9-11)20(26)23-15-7-5-13(6-8-15)12(2)25;1-8-14(16)10-3-4-11(17-15(10)20-8)9-2-5-12-13(6-9)19-7-18-12;/h3-10H,22H2,1-2H3,(H,23,26);2-6H,7,16H2,1H3;1H4. The fourth-order valence-electron chi connectivity index (χ4n) is 5.28. The number of nitrogens with two attached hydrogens (primary N) is 2. The van der Waals surface area contributed by atoms with E-state index in [0.29, 0.717) is 21.8 Å². The van der Waals surface area contributed by atoms with Crippen molar-refractivity contribution in [2.45, 2.75) is 28.2 Å². The number of hydrogen-bond donors (Lipinski definition) is 3. The maximum Gasteiger partial charge on any atom is 0.267 e. The molecule has 48 heavy (non-hydrogen) atoms. The van der Waals surface area contributed by atoms with Gasteiger partial charge in [0.05, 0.1) is 22.6 Å². The Kier molecular flexibility index (Phi) is 8.74. The lowest BCUT2D eigenvalue weighted by Gasteiger charge is -2.05. The molecule has 0 unspecified atom stereocenters. The van der Waals surface area contributed by atoms with Crippen molar-refractivity contribution in [3.05, 3.63) is 99.7 Å². The van der Waals surface area contributed by atoms with Gasteiger partial charge in [-0.3, -0.25) is 9.59 Å². The maximum absolute atomic E-state index is 12.7. The van der Waals surface area contributed by atoms with E-state index in [1.54, 1.807) is 35.6 Å². The van der Waals surface area contributed by atoms with Gasteiger partial charge in [0.25, 0.3) is 5.91 Å². The number of pyridine rings is 2. The molecule has 0 atom stereocenters. The van der Waals surface area contributed by atoms with E-state index >= 15 is 0 Å². The van der Waals surface area contributed by atoms with Crippen LogP contribution in [-0.4, -0.2) is 28.5 Å². The van der Waals surface area contributed by atoms with Gasteiger partial charge in [0.2, 0.25) is 6.79 Å². The Labute approximate surface area is 285 Å². The number of fused-ring (bicyclic) bond motifs is 4. The van der Waals surface area contributed by atoms with Crippen molar-refractivity contribution in [3.8, 4) is 22.8 Å². The molecule has 1 aliphatic rings. The molecule has 0 spiro atoms. The Hall–Kier alpha value is -5.52. The molecule has 4 aromatic heterocycles. The molecule has 0 saturated carbocycles. The largest absolute Gasteiger partial charge is 0.454 e. The SMILES string of the molecule is C.CC(=O)c1ccc(NC(=O)c2sc3nc4cc(C)ccc4cc3c2N)cc1.Cc1sc2nc(-c3ccc4c(c3)OCO4)ccc2c1N. The summed E-state index contributed by atoms with van der Waals surface area (Å²) in [4.78, 5) is 36.7. The van der Waals surface area contributed by atoms with Crippen molar-refractivity contribution in [2.24, 2.45) is 0 Å². The molecule has 0 radical (unpaired) electrons. The molecule has 5 N–H and O–H groups in total. The number of amides is 1. The summed E-state index contributed by atoms with van der Waals surface area (Å²) in [5.74, 6) is 1.25. The molecule has 7 aromatic rings. The van der Waals surface area contributed by atoms with Crippen LogP contribution in [0.3, 0.4) is 0 Å². The molecule has 0 aliphatic carbocycles. The van der Waals surface area contributed by atoms with Gasteiger partial charge in [-0.05, 0) is 93.1 Å². The highest BCUT2D eigenvalue weighted by atomic mass is 32.1. The highest BCUT2D eigenvalue weighted by molar-refractivity contribution is 7.21. The second-order valence-electron chi connectivity index (χ2n) is 11.2. The van der Waals surface area contributed by atoms with Gasteiger partial charge in [-0.25, -0.2) is 9.97 Å². The molecule has 1 aliphatic heterocycles. The molecule has 9 nitrogen and oxygen atoms in total. The number of anilines is 3. The van der Waals surface area contributed by atoms with Gasteiger partial charge in [-0.15, -0.1) is 22.7 Å². The summed E-state index contributed by atoms with van der Waals surface area (Å²) in [6, 6.07) is 24.7. The van der Waals surface area contributed by atoms with Crippen LogP contribution >= 0.6 is 22.7 Å². The fourth-order valence-corrected chi connectivity index (χ4v) is 7.20. The number of hydrogen-bond acceptors (Lipinski definition) is 10. The number of ketones is 1. The van der Waals surface area contributed by atoms with Gasteiger partial charge >= 0.3 is 0 Å². The van der Waals surface area contributed by atoms with E-state index in [2.05, 4.69) is 10.3 Å². The predicted octanol–water partition coefficient (Wildman–Crippen LogP) is 9.01. The number of nitrogens with zero attached hydrogens (tertiary/aromatic N) is 2. The van der Waals surface area contributed by atoms with Crippen LogP contribution in [0.15, 0.2) is 78.9 Å².